The van der Waals surface area contributed by atoms with Crippen LogP contribution in [0.25, 0.3) is 0 Å². The highest BCUT2D eigenvalue weighted by atomic mass is 32.2. The van der Waals surface area contributed by atoms with Gasteiger partial charge in [0.1, 0.15) is 0 Å². The summed E-state index contributed by atoms with van der Waals surface area (Å²) in [6, 6.07) is 13.1. The van der Waals surface area contributed by atoms with Gasteiger partial charge < -0.3 is 20.1 Å². The van der Waals surface area contributed by atoms with Crippen LogP contribution >= 0.6 is 11.8 Å². The minimum atomic E-state index is -1.20. The van der Waals surface area contributed by atoms with Crippen molar-refractivity contribution in [2.45, 2.75) is 23.0 Å². The summed E-state index contributed by atoms with van der Waals surface area (Å²) >= 11 is 1.27. The Morgan fingerprint density at radius 2 is 1.89 bits per heavy atom. The summed E-state index contributed by atoms with van der Waals surface area (Å²) in [5, 5.41) is 5.69. The average Bonchev–Trinajstić information content (AvgIpc) is 2.68. The van der Waals surface area contributed by atoms with Gasteiger partial charge in [-0.3, -0.25) is 9.59 Å². The molecule has 0 bridgehead atoms. The SMILES string of the molecule is COc1ccc(CCNC(=O)C2(C)Sc3ccccc3NC2=O)cc1OC. The van der Waals surface area contributed by atoms with Crippen LogP contribution in [0.1, 0.15) is 12.5 Å². The molecule has 27 heavy (non-hydrogen) atoms. The van der Waals surface area contributed by atoms with Crippen molar-refractivity contribution >= 4 is 29.3 Å². The molecule has 0 saturated heterocycles. The monoisotopic (exact) mass is 386 g/mol. The highest BCUT2D eigenvalue weighted by Crippen LogP contribution is 2.42. The van der Waals surface area contributed by atoms with Crippen molar-refractivity contribution in [3.05, 3.63) is 48.0 Å². The number of carbonyl (C=O) groups is 2. The predicted octanol–water partition coefficient (Wildman–Crippen LogP) is 2.87. The van der Waals surface area contributed by atoms with E-state index < -0.39 is 4.75 Å². The maximum absolute atomic E-state index is 12.7. The zero-order chi connectivity index (χ0) is 19.4. The molecular weight excluding hydrogens is 364 g/mol. The molecule has 2 aromatic carbocycles. The molecule has 0 aromatic heterocycles. The summed E-state index contributed by atoms with van der Waals surface area (Å²) in [6.45, 7) is 2.06. The van der Waals surface area contributed by atoms with Gasteiger partial charge in [0, 0.05) is 11.4 Å². The molecule has 1 atom stereocenters. The molecule has 1 heterocycles. The van der Waals surface area contributed by atoms with Crippen molar-refractivity contribution in [1.82, 2.24) is 5.32 Å². The van der Waals surface area contributed by atoms with E-state index in [9.17, 15) is 9.59 Å². The molecule has 2 aromatic rings. The van der Waals surface area contributed by atoms with Gasteiger partial charge in [-0.05, 0) is 43.2 Å². The van der Waals surface area contributed by atoms with Crippen molar-refractivity contribution in [3.63, 3.8) is 0 Å². The summed E-state index contributed by atoms with van der Waals surface area (Å²) in [5.74, 6) is 0.689. The molecule has 6 nitrogen and oxygen atoms in total. The fraction of sp³-hybridized carbons (Fsp3) is 0.300. The normalized spacial score (nSPS) is 18.3. The first-order valence-corrected chi connectivity index (χ1v) is 9.38. The Morgan fingerprint density at radius 1 is 1.15 bits per heavy atom. The molecular formula is C20H22N2O4S. The number of hydrogen-bond acceptors (Lipinski definition) is 5. The number of thioether (sulfide) groups is 1. The first-order chi connectivity index (χ1) is 13.0. The molecule has 2 N–H and O–H groups in total. The smallest absolute Gasteiger partial charge is 0.250 e. The standard InChI is InChI=1S/C20H22N2O4S/c1-20(19(24)22-14-6-4-5-7-17(14)27-20)18(23)21-11-10-13-8-9-15(25-2)16(12-13)26-3/h4-9,12H,10-11H2,1-3H3,(H,21,23)(H,22,24). The highest BCUT2D eigenvalue weighted by molar-refractivity contribution is 8.02. The number of amides is 2. The molecule has 1 unspecified atom stereocenters. The Bertz CT molecular complexity index is 871. The number of benzene rings is 2. The Kier molecular flexibility index (Phi) is 5.60. The van der Waals surface area contributed by atoms with Crippen LogP contribution in [-0.2, 0) is 16.0 Å². The van der Waals surface area contributed by atoms with E-state index in [4.69, 9.17) is 9.47 Å². The van der Waals surface area contributed by atoms with E-state index in [0.717, 1.165) is 16.1 Å². The first-order valence-electron chi connectivity index (χ1n) is 8.56. The maximum atomic E-state index is 12.7. The van der Waals surface area contributed by atoms with E-state index in [0.29, 0.717) is 24.5 Å². The van der Waals surface area contributed by atoms with Gasteiger partial charge in [0.25, 0.3) is 0 Å². The number of nitrogens with one attached hydrogen (secondary N) is 2. The van der Waals surface area contributed by atoms with Gasteiger partial charge in [-0.25, -0.2) is 0 Å². The number of methoxy groups -OCH3 is 2. The van der Waals surface area contributed by atoms with Crippen LogP contribution < -0.4 is 20.1 Å². The Labute approximate surface area is 162 Å². The third-order valence-corrected chi connectivity index (χ3v) is 5.82. The summed E-state index contributed by atoms with van der Waals surface area (Å²) in [4.78, 5) is 26.1. The zero-order valence-electron chi connectivity index (χ0n) is 15.5. The van der Waals surface area contributed by atoms with Gasteiger partial charge in [0.05, 0.1) is 19.9 Å². The highest BCUT2D eigenvalue weighted by Gasteiger charge is 2.45. The van der Waals surface area contributed by atoms with Crippen LogP contribution in [0.4, 0.5) is 5.69 Å². The zero-order valence-corrected chi connectivity index (χ0v) is 16.3. The van der Waals surface area contributed by atoms with Gasteiger partial charge in [0.2, 0.25) is 11.8 Å². The Balaban J connectivity index is 1.63. The fourth-order valence-corrected chi connectivity index (χ4v) is 3.97. The van der Waals surface area contributed by atoms with E-state index in [2.05, 4.69) is 10.6 Å². The lowest BCUT2D eigenvalue weighted by Crippen LogP contribution is -2.52. The summed E-state index contributed by atoms with van der Waals surface area (Å²) in [7, 11) is 3.17. The molecule has 0 spiro atoms. The quantitative estimate of drug-likeness (QED) is 0.747. The first kappa shape index (κ1) is 19.1. The van der Waals surface area contributed by atoms with Crippen LogP contribution in [-0.4, -0.2) is 37.3 Å². The molecule has 0 radical (unpaired) electrons. The van der Waals surface area contributed by atoms with Crippen molar-refractivity contribution in [2.75, 3.05) is 26.1 Å². The number of para-hydroxylation sites is 1. The topological polar surface area (TPSA) is 76.7 Å². The van der Waals surface area contributed by atoms with Crippen molar-refractivity contribution in [3.8, 4) is 11.5 Å². The van der Waals surface area contributed by atoms with Crippen molar-refractivity contribution in [2.24, 2.45) is 0 Å². The van der Waals surface area contributed by atoms with E-state index in [-0.39, 0.29) is 11.8 Å². The molecule has 1 aliphatic rings. The Hall–Kier alpha value is -2.67. The van der Waals surface area contributed by atoms with Crippen LogP contribution in [0.5, 0.6) is 11.5 Å². The average molecular weight is 386 g/mol. The maximum Gasteiger partial charge on any atom is 0.250 e. The summed E-state index contributed by atoms with van der Waals surface area (Å²) < 4.78 is 9.32. The van der Waals surface area contributed by atoms with E-state index >= 15 is 0 Å². The molecule has 2 amide bonds. The molecule has 7 heteroatoms. The lowest BCUT2D eigenvalue weighted by molar-refractivity contribution is -0.129. The molecule has 0 fully saturated rings. The summed E-state index contributed by atoms with van der Waals surface area (Å²) in [5.41, 5.74) is 1.74. The molecule has 1 aliphatic heterocycles. The summed E-state index contributed by atoms with van der Waals surface area (Å²) in [6.07, 6.45) is 0.616. The lowest BCUT2D eigenvalue weighted by Gasteiger charge is -2.31. The van der Waals surface area contributed by atoms with E-state index in [1.165, 1.54) is 11.8 Å². The van der Waals surface area contributed by atoms with E-state index in [1.807, 2.05) is 42.5 Å². The van der Waals surface area contributed by atoms with Crippen LogP contribution in [0.15, 0.2) is 47.4 Å². The van der Waals surface area contributed by atoms with Gasteiger partial charge >= 0.3 is 0 Å². The van der Waals surface area contributed by atoms with Crippen molar-refractivity contribution in [1.29, 1.82) is 0 Å². The van der Waals surface area contributed by atoms with Crippen LogP contribution in [0, 0.1) is 0 Å². The van der Waals surface area contributed by atoms with Gasteiger partial charge in [-0.1, -0.05) is 30.0 Å². The molecule has 3 rings (SSSR count). The number of rotatable bonds is 6. The second-order valence-electron chi connectivity index (χ2n) is 6.28. The number of hydrogen-bond donors (Lipinski definition) is 2. The number of anilines is 1. The largest absolute Gasteiger partial charge is 0.493 e. The van der Waals surface area contributed by atoms with Crippen LogP contribution in [0.2, 0.25) is 0 Å². The number of carbonyl (C=O) groups excluding carboxylic acids is 2. The Morgan fingerprint density at radius 3 is 2.63 bits per heavy atom. The number of ether oxygens (including phenoxy) is 2. The van der Waals surface area contributed by atoms with Crippen LogP contribution in [0.3, 0.4) is 0 Å². The van der Waals surface area contributed by atoms with E-state index in [1.54, 1.807) is 21.1 Å². The second kappa shape index (κ2) is 7.92. The molecule has 142 valence electrons. The minimum Gasteiger partial charge on any atom is -0.493 e. The molecule has 0 aliphatic carbocycles. The van der Waals surface area contributed by atoms with Gasteiger partial charge in [-0.2, -0.15) is 0 Å². The van der Waals surface area contributed by atoms with Gasteiger partial charge in [-0.15, -0.1) is 0 Å². The predicted molar refractivity (Wildman–Crippen MR) is 106 cm³/mol. The van der Waals surface area contributed by atoms with Gasteiger partial charge in [0.15, 0.2) is 16.2 Å². The second-order valence-corrected chi connectivity index (χ2v) is 7.74. The third kappa shape index (κ3) is 3.88. The fourth-order valence-electron chi connectivity index (χ4n) is 2.84. The van der Waals surface area contributed by atoms with Crippen molar-refractivity contribution < 1.29 is 19.1 Å². The molecule has 0 saturated carbocycles. The minimum absolute atomic E-state index is 0.306. The number of fused-ring (bicyclic) bond motifs is 1. The third-order valence-electron chi connectivity index (χ3n) is 4.46. The lowest BCUT2D eigenvalue weighted by atomic mass is 10.1.